The highest BCUT2D eigenvalue weighted by Gasteiger charge is 2.30. The Kier molecular flexibility index (Phi) is 9.37. The monoisotopic (exact) mass is 444 g/mol. The van der Waals surface area contributed by atoms with E-state index >= 15 is 0 Å². The van der Waals surface area contributed by atoms with E-state index in [1.165, 1.54) is 6.92 Å². The van der Waals surface area contributed by atoms with E-state index in [1.807, 2.05) is 52.9 Å². The van der Waals surface area contributed by atoms with E-state index in [1.54, 1.807) is 6.92 Å². The molecule has 0 saturated carbocycles. The number of nitrogens with one attached hydrogen (secondary N) is 1. The molecule has 0 aliphatic carbocycles. The van der Waals surface area contributed by atoms with Crippen molar-refractivity contribution in [3.63, 3.8) is 0 Å². The molecular formula is C17H21IN2O4. The van der Waals surface area contributed by atoms with E-state index in [0.29, 0.717) is 6.61 Å². The minimum Gasteiger partial charge on any atom is -0.451 e. The average molecular weight is 444 g/mol. The van der Waals surface area contributed by atoms with E-state index in [2.05, 4.69) is 15.2 Å². The number of hydrogen-bond donors (Lipinski definition) is 2. The molecule has 0 heterocycles. The number of benzene rings is 1. The van der Waals surface area contributed by atoms with Crippen molar-refractivity contribution in [2.45, 2.75) is 38.6 Å². The summed E-state index contributed by atoms with van der Waals surface area (Å²) in [6, 6.07) is 7.84. The van der Waals surface area contributed by atoms with Crippen molar-refractivity contribution in [3.8, 4) is 9.85 Å². The van der Waals surface area contributed by atoms with Crippen LogP contribution in [0.2, 0.25) is 0 Å². The zero-order chi connectivity index (χ0) is 17.9. The number of carbonyl (C=O) groups is 2. The first kappa shape index (κ1) is 20.4. The first-order valence-corrected chi connectivity index (χ1v) is 8.50. The van der Waals surface area contributed by atoms with Crippen molar-refractivity contribution in [3.05, 3.63) is 35.9 Å². The minimum atomic E-state index is -0.955. The van der Waals surface area contributed by atoms with Crippen LogP contribution in [-0.4, -0.2) is 36.7 Å². The summed E-state index contributed by atoms with van der Waals surface area (Å²) in [5.41, 5.74) is 6.51. The van der Waals surface area contributed by atoms with Gasteiger partial charge >= 0.3 is 5.97 Å². The van der Waals surface area contributed by atoms with E-state index in [-0.39, 0.29) is 6.61 Å². The second-order valence-corrected chi connectivity index (χ2v) is 5.70. The van der Waals surface area contributed by atoms with E-state index in [4.69, 9.17) is 15.2 Å². The van der Waals surface area contributed by atoms with Gasteiger partial charge in [0, 0.05) is 22.6 Å². The molecule has 24 heavy (non-hydrogen) atoms. The summed E-state index contributed by atoms with van der Waals surface area (Å²) in [7, 11) is 0. The maximum atomic E-state index is 12.2. The first-order chi connectivity index (χ1) is 11.5. The minimum absolute atomic E-state index is 0.0439. The summed E-state index contributed by atoms with van der Waals surface area (Å²) in [4.78, 5) is 24.0. The summed E-state index contributed by atoms with van der Waals surface area (Å²) >= 11 is 1.85. The van der Waals surface area contributed by atoms with Gasteiger partial charge in [-0.05, 0) is 23.3 Å². The van der Waals surface area contributed by atoms with Crippen molar-refractivity contribution in [2.75, 3.05) is 6.61 Å². The van der Waals surface area contributed by atoms with Gasteiger partial charge in [-0.2, -0.15) is 0 Å². The normalized spacial score (nSPS) is 13.8. The van der Waals surface area contributed by atoms with Crippen LogP contribution in [0, 0.1) is 9.85 Å². The second-order valence-electron chi connectivity index (χ2n) is 5.16. The molecular weight excluding hydrogens is 423 g/mol. The number of carbonyl (C=O) groups excluding carboxylic acids is 2. The van der Waals surface area contributed by atoms with Crippen LogP contribution in [0.3, 0.4) is 0 Å². The van der Waals surface area contributed by atoms with Crippen molar-refractivity contribution in [1.82, 2.24) is 5.32 Å². The van der Waals surface area contributed by atoms with Crippen molar-refractivity contribution in [1.29, 1.82) is 0 Å². The molecule has 6 nitrogen and oxygen atoms in total. The van der Waals surface area contributed by atoms with Crippen LogP contribution in [0.1, 0.15) is 19.4 Å². The van der Waals surface area contributed by atoms with E-state index < -0.39 is 30.1 Å². The van der Waals surface area contributed by atoms with Gasteiger partial charge in [-0.1, -0.05) is 36.3 Å². The maximum absolute atomic E-state index is 12.2. The molecule has 0 bridgehead atoms. The molecule has 3 N–H and O–H groups in total. The van der Waals surface area contributed by atoms with Gasteiger partial charge in [0.1, 0.15) is 0 Å². The molecule has 0 aromatic heterocycles. The number of ether oxygens (including phenoxy) is 2. The summed E-state index contributed by atoms with van der Waals surface area (Å²) in [5, 5.41) is 2.57. The smallest absolute Gasteiger partial charge is 0.332 e. The molecule has 7 heteroatoms. The molecule has 0 saturated heterocycles. The standard InChI is InChI=1S/C17H21IN2O4/c1-12(19)16(21)20-15(17(22)23-10-6-9-18)13(2)24-11-14-7-4-3-5-8-14/h3-5,7-8,12-13,15H,10-11,19H2,1-2H3,(H,20,21)/t12-,13+,15-/m0/s1. The maximum Gasteiger partial charge on any atom is 0.332 e. The Morgan fingerprint density at radius 1 is 1.29 bits per heavy atom. The van der Waals surface area contributed by atoms with Crippen LogP contribution in [-0.2, 0) is 25.7 Å². The number of nitrogens with two attached hydrogens (primary N) is 1. The zero-order valence-corrected chi connectivity index (χ0v) is 15.8. The van der Waals surface area contributed by atoms with E-state index in [0.717, 1.165) is 5.56 Å². The summed E-state index contributed by atoms with van der Waals surface area (Å²) in [6.07, 6.45) is -0.590. The van der Waals surface area contributed by atoms with Crippen molar-refractivity contribution in [2.24, 2.45) is 5.73 Å². The SMILES string of the molecule is C[C@H](N)C(=O)N[C@H](C(=O)OCC#CI)[C@@H](C)OCc1ccccc1. The van der Waals surface area contributed by atoms with Crippen LogP contribution in [0.4, 0.5) is 0 Å². The predicted octanol–water partition coefficient (Wildman–Crippen LogP) is 1.36. The van der Waals surface area contributed by atoms with E-state index in [9.17, 15) is 9.59 Å². The molecule has 0 aliphatic heterocycles. The molecule has 0 unspecified atom stereocenters. The number of hydrogen-bond acceptors (Lipinski definition) is 5. The Morgan fingerprint density at radius 2 is 1.96 bits per heavy atom. The lowest BCUT2D eigenvalue weighted by molar-refractivity contribution is -0.151. The van der Waals surface area contributed by atoms with Crippen LogP contribution in [0.25, 0.3) is 0 Å². The Morgan fingerprint density at radius 3 is 2.54 bits per heavy atom. The topological polar surface area (TPSA) is 90.7 Å². The highest BCUT2D eigenvalue weighted by molar-refractivity contribution is 14.1. The Bertz CT molecular complexity index is 596. The fourth-order valence-corrected chi connectivity index (χ4v) is 1.93. The van der Waals surface area contributed by atoms with Crippen LogP contribution in [0.5, 0.6) is 0 Å². The lowest BCUT2D eigenvalue weighted by atomic mass is 10.1. The highest BCUT2D eigenvalue weighted by Crippen LogP contribution is 2.08. The highest BCUT2D eigenvalue weighted by atomic mass is 127. The largest absolute Gasteiger partial charge is 0.451 e. The summed E-state index contributed by atoms with van der Waals surface area (Å²) in [5.74, 6) is 1.56. The summed E-state index contributed by atoms with van der Waals surface area (Å²) < 4.78 is 13.4. The fourth-order valence-electron chi connectivity index (χ4n) is 1.78. The second kappa shape index (κ2) is 11.0. The lowest BCUT2D eigenvalue weighted by Gasteiger charge is -2.24. The third-order valence-electron chi connectivity index (χ3n) is 3.14. The molecule has 1 aromatic carbocycles. The molecule has 0 radical (unpaired) electrons. The Hall–Kier alpha value is -1.63. The molecule has 130 valence electrons. The molecule has 0 spiro atoms. The fraction of sp³-hybridized carbons (Fsp3) is 0.412. The first-order valence-electron chi connectivity index (χ1n) is 7.42. The van der Waals surface area contributed by atoms with Gasteiger partial charge in [0.2, 0.25) is 5.91 Å². The summed E-state index contributed by atoms with van der Waals surface area (Å²) in [6.45, 7) is 3.50. The van der Waals surface area contributed by atoms with Gasteiger partial charge in [-0.3, -0.25) is 4.79 Å². The molecule has 1 amide bonds. The number of amides is 1. The Labute approximate surface area is 155 Å². The molecule has 1 rings (SSSR count). The van der Waals surface area contributed by atoms with Crippen LogP contribution < -0.4 is 11.1 Å². The van der Waals surface area contributed by atoms with Gasteiger partial charge in [0.25, 0.3) is 0 Å². The molecule has 0 fully saturated rings. The predicted molar refractivity (Wildman–Crippen MR) is 99.0 cm³/mol. The van der Waals surface area contributed by atoms with Gasteiger partial charge in [0.05, 0.1) is 18.8 Å². The molecule has 0 aliphatic rings. The van der Waals surface area contributed by atoms with Crippen LogP contribution >= 0.6 is 22.6 Å². The Balaban J connectivity index is 2.71. The zero-order valence-electron chi connectivity index (χ0n) is 13.6. The van der Waals surface area contributed by atoms with Gasteiger partial charge in [-0.25, -0.2) is 4.79 Å². The van der Waals surface area contributed by atoms with Gasteiger partial charge < -0.3 is 20.5 Å². The number of rotatable bonds is 8. The quantitative estimate of drug-likeness (QED) is 0.359. The van der Waals surface area contributed by atoms with Gasteiger partial charge in [-0.15, -0.1) is 0 Å². The molecule has 3 atom stereocenters. The van der Waals surface area contributed by atoms with Crippen molar-refractivity contribution >= 4 is 34.5 Å². The van der Waals surface area contributed by atoms with Gasteiger partial charge in [0.15, 0.2) is 12.6 Å². The van der Waals surface area contributed by atoms with Crippen LogP contribution in [0.15, 0.2) is 30.3 Å². The average Bonchev–Trinajstić information content (AvgIpc) is 2.58. The van der Waals surface area contributed by atoms with Crippen molar-refractivity contribution < 1.29 is 19.1 Å². The third-order valence-corrected chi connectivity index (χ3v) is 3.53. The third kappa shape index (κ3) is 7.29. The number of esters is 1. The molecule has 1 aromatic rings. The number of halogens is 1. The lowest BCUT2D eigenvalue weighted by Crippen LogP contribution is -2.53.